The Balaban J connectivity index is 0.00000243. The Morgan fingerprint density at radius 2 is 1.96 bits per heavy atom. The van der Waals surface area contributed by atoms with Gasteiger partial charge in [0.2, 0.25) is 0 Å². The third-order valence-electron chi connectivity index (χ3n) is 4.19. The van der Waals surface area contributed by atoms with Crippen LogP contribution in [-0.4, -0.2) is 25.5 Å². The van der Waals surface area contributed by atoms with Gasteiger partial charge < -0.3 is 15.4 Å². The zero-order valence-corrected chi connectivity index (χ0v) is 15.0. The molecule has 7 heteroatoms. The van der Waals surface area contributed by atoms with Crippen molar-refractivity contribution in [1.82, 2.24) is 10.6 Å². The lowest BCUT2D eigenvalue weighted by molar-refractivity contribution is 0.0945. The second kappa shape index (κ2) is 9.50. The molecule has 1 heterocycles. The van der Waals surface area contributed by atoms with Crippen LogP contribution in [-0.2, 0) is 0 Å². The maximum Gasteiger partial charge on any atom is 0.251 e. The largest absolute Gasteiger partial charge is 0.454 e. The summed E-state index contributed by atoms with van der Waals surface area (Å²) >= 11 is 0. The van der Waals surface area contributed by atoms with Crippen LogP contribution in [0.4, 0.5) is 8.78 Å². The number of hydrogen-bond donors (Lipinski definition) is 2. The Labute approximate surface area is 157 Å². The summed E-state index contributed by atoms with van der Waals surface area (Å²) in [5, 5.41) is 6.25. The Morgan fingerprint density at radius 3 is 2.62 bits per heavy atom. The van der Waals surface area contributed by atoms with Crippen molar-refractivity contribution >= 4 is 18.3 Å². The van der Waals surface area contributed by atoms with Crippen molar-refractivity contribution in [1.29, 1.82) is 0 Å². The van der Waals surface area contributed by atoms with Crippen molar-refractivity contribution in [3.8, 4) is 11.5 Å². The second-order valence-electron chi connectivity index (χ2n) is 6.12. The quantitative estimate of drug-likeness (QED) is 0.824. The van der Waals surface area contributed by atoms with E-state index in [-0.39, 0.29) is 24.1 Å². The van der Waals surface area contributed by atoms with Crippen LogP contribution in [0.5, 0.6) is 11.5 Å². The van der Waals surface area contributed by atoms with Gasteiger partial charge >= 0.3 is 0 Å². The molecule has 0 aliphatic carbocycles. The summed E-state index contributed by atoms with van der Waals surface area (Å²) in [5.41, 5.74) is 0.510. The van der Waals surface area contributed by atoms with Gasteiger partial charge in [-0.25, -0.2) is 8.78 Å². The maximum absolute atomic E-state index is 13.6. The van der Waals surface area contributed by atoms with E-state index >= 15 is 0 Å². The number of amides is 1. The van der Waals surface area contributed by atoms with E-state index in [0.29, 0.717) is 23.8 Å². The maximum atomic E-state index is 13.6. The van der Waals surface area contributed by atoms with Gasteiger partial charge in [-0.1, -0.05) is 0 Å². The molecule has 1 fully saturated rings. The van der Waals surface area contributed by atoms with E-state index in [2.05, 4.69) is 10.6 Å². The summed E-state index contributed by atoms with van der Waals surface area (Å²) in [6.45, 7) is 2.61. The van der Waals surface area contributed by atoms with Crippen molar-refractivity contribution in [2.45, 2.75) is 12.8 Å². The number of piperidine rings is 1. The number of rotatable bonds is 5. The van der Waals surface area contributed by atoms with Crippen molar-refractivity contribution in [2.75, 3.05) is 19.6 Å². The highest BCUT2D eigenvalue weighted by molar-refractivity contribution is 5.94. The van der Waals surface area contributed by atoms with Crippen molar-refractivity contribution in [3.63, 3.8) is 0 Å². The topological polar surface area (TPSA) is 50.4 Å². The fraction of sp³-hybridized carbons (Fsp3) is 0.316. The Kier molecular flexibility index (Phi) is 7.36. The smallest absolute Gasteiger partial charge is 0.251 e. The first-order valence-corrected chi connectivity index (χ1v) is 8.34. The van der Waals surface area contributed by atoms with Crippen LogP contribution < -0.4 is 15.4 Å². The molecule has 3 rings (SSSR count). The molecule has 4 nitrogen and oxygen atoms in total. The molecule has 0 saturated carbocycles. The molecule has 1 saturated heterocycles. The van der Waals surface area contributed by atoms with Crippen molar-refractivity contribution in [3.05, 3.63) is 59.7 Å². The van der Waals surface area contributed by atoms with E-state index in [1.807, 2.05) is 0 Å². The minimum absolute atomic E-state index is 0. The van der Waals surface area contributed by atoms with Gasteiger partial charge in [-0.2, -0.15) is 0 Å². The first-order chi connectivity index (χ1) is 12.1. The molecule has 0 bridgehead atoms. The minimum Gasteiger partial charge on any atom is -0.454 e. The number of ether oxygens (including phenoxy) is 1. The van der Waals surface area contributed by atoms with Gasteiger partial charge in [0.15, 0.2) is 11.6 Å². The van der Waals surface area contributed by atoms with Gasteiger partial charge in [-0.05, 0) is 68.2 Å². The molecular formula is C19H21ClF2N2O2. The van der Waals surface area contributed by atoms with Crippen LogP contribution >= 0.6 is 12.4 Å². The molecule has 2 aromatic rings. The van der Waals surface area contributed by atoms with Crippen LogP contribution in [0.3, 0.4) is 0 Å². The van der Waals surface area contributed by atoms with Crippen LogP contribution in [0.15, 0.2) is 42.5 Å². The zero-order chi connectivity index (χ0) is 17.6. The SMILES string of the molecule is Cl.O=C(NCC1CCCNC1)c1ccc(Oc2ccc(F)cc2F)cc1. The molecule has 1 amide bonds. The fourth-order valence-corrected chi connectivity index (χ4v) is 2.80. The third-order valence-corrected chi connectivity index (χ3v) is 4.19. The number of halogens is 3. The number of carbonyl (C=O) groups is 1. The van der Waals surface area contributed by atoms with Gasteiger partial charge in [-0.3, -0.25) is 4.79 Å². The lowest BCUT2D eigenvalue weighted by Gasteiger charge is -2.22. The first kappa shape index (κ1) is 20.1. The lowest BCUT2D eigenvalue weighted by atomic mass is 10.00. The van der Waals surface area contributed by atoms with Gasteiger partial charge in [0.25, 0.3) is 5.91 Å². The van der Waals surface area contributed by atoms with Gasteiger partial charge in [0.1, 0.15) is 11.6 Å². The fourth-order valence-electron chi connectivity index (χ4n) is 2.80. The Hall–Kier alpha value is -2.18. The van der Waals surface area contributed by atoms with Crippen LogP contribution in [0.25, 0.3) is 0 Å². The van der Waals surface area contributed by atoms with E-state index in [1.165, 1.54) is 6.07 Å². The molecule has 0 spiro atoms. The van der Waals surface area contributed by atoms with E-state index in [1.54, 1.807) is 24.3 Å². The lowest BCUT2D eigenvalue weighted by Crippen LogP contribution is -2.38. The normalized spacial score (nSPS) is 16.5. The second-order valence-corrected chi connectivity index (χ2v) is 6.12. The van der Waals surface area contributed by atoms with Crippen molar-refractivity contribution in [2.24, 2.45) is 5.92 Å². The molecule has 0 aromatic heterocycles. The molecule has 2 N–H and O–H groups in total. The molecule has 1 unspecified atom stereocenters. The van der Waals surface area contributed by atoms with Gasteiger partial charge in [0, 0.05) is 18.2 Å². The van der Waals surface area contributed by atoms with Crippen molar-refractivity contribution < 1.29 is 18.3 Å². The monoisotopic (exact) mass is 382 g/mol. The van der Waals surface area contributed by atoms with Crippen LogP contribution in [0.2, 0.25) is 0 Å². The standard InChI is InChI=1S/C19H20F2N2O2.ClH/c20-15-5-8-18(17(21)10-15)25-16-6-3-14(4-7-16)19(24)23-12-13-2-1-9-22-11-13;/h3-8,10,13,22H,1-2,9,11-12H2,(H,23,24);1H. The summed E-state index contributed by atoms with van der Waals surface area (Å²) in [6.07, 6.45) is 2.25. The number of benzene rings is 2. The average molecular weight is 383 g/mol. The van der Waals surface area contributed by atoms with Crippen LogP contribution in [0, 0.1) is 17.6 Å². The molecular weight excluding hydrogens is 362 g/mol. The number of hydrogen-bond acceptors (Lipinski definition) is 3. The van der Waals surface area contributed by atoms with Crippen LogP contribution in [0.1, 0.15) is 23.2 Å². The summed E-state index contributed by atoms with van der Waals surface area (Å²) in [7, 11) is 0. The summed E-state index contributed by atoms with van der Waals surface area (Å²) in [4.78, 5) is 12.2. The van der Waals surface area contributed by atoms with E-state index in [0.717, 1.165) is 38.1 Å². The first-order valence-electron chi connectivity index (χ1n) is 8.34. The number of carbonyl (C=O) groups excluding carboxylic acids is 1. The molecule has 0 radical (unpaired) electrons. The minimum atomic E-state index is -0.775. The van der Waals surface area contributed by atoms with E-state index < -0.39 is 11.6 Å². The predicted molar refractivity (Wildman–Crippen MR) is 98.0 cm³/mol. The zero-order valence-electron chi connectivity index (χ0n) is 14.1. The van der Waals surface area contributed by atoms with E-state index in [4.69, 9.17) is 4.74 Å². The summed E-state index contributed by atoms with van der Waals surface area (Å²) in [5.74, 6) is -0.818. The summed E-state index contributed by atoms with van der Waals surface area (Å²) < 4.78 is 31.9. The molecule has 26 heavy (non-hydrogen) atoms. The molecule has 1 atom stereocenters. The molecule has 1 aliphatic heterocycles. The Morgan fingerprint density at radius 1 is 1.19 bits per heavy atom. The van der Waals surface area contributed by atoms with Gasteiger partial charge in [-0.15, -0.1) is 12.4 Å². The highest BCUT2D eigenvalue weighted by atomic mass is 35.5. The Bertz CT molecular complexity index is 735. The highest BCUT2D eigenvalue weighted by Crippen LogP contribution is 2.25. The summed E-state index contributed by atoms with van der Waals surface area (Å²) in [6, 6.07) is 9.51. The molecule has 2 aromatic carbocycles. The molecule has 140 valence electrons. The van der Waals surface area contributed by atoms with E-state index in [9.17, 15) is 13.6 Å². The number of nitrogens with one attached hydrogen (secondary N) is 2. The van der Waals surface area contributed by atoms with Gasteiger partial charge in [0.05, 0.1) is 0 Å². The average Bonchev–Trinajstić information content (AvgIpc) is 2.63. The third kappa shape index (κ3) is 5.41. The molecule has 1 aliphatic rings. The highest BCUT2D eigenvalue weighted by Gasteiger charge is 2.14. The predicted octanol–water partition coefficient (Wildman–Crippen LogP) is 3.91.